The summed E-state index contributed by atoms with van der Waals surface area (Å²) in [6, 6.07) is 29.7. The van der Waals surface area contributed by atoms with Crippen molar-refractivity contribution in [3.63, 3.8) is 0 Å². The van der Waals surface area contributed by atoms with E-state index in [4.69, 9.17) is 18.3 Å². The van der Waals surface area contributed by atoms with Crippen molar-refractivity contribution in [1.82, 2.24) is 18.8 Å². The van der Waals surface area contributed by atoms with Crippen LogP contribution in [0, 0.1) is 0 Å². The highest BCUT2D eigenvalue weighted by molar-refractivity contribution is 7.81. The van der Waals surface area contributed by atoms with Crippen molar-refractivity contribution in [3.8, 4) is 11.8 Å². The van der Waals surface area contributed by atoms with Gasteiger partial charge in [-0.25, -0.2) is 9.97 Å². The monoisotopic (exact) mass is 698 g/mol. The second-order valence-electron chi connectivity index (χ2n) is 12.3. The molecular formula is C36H18N4O8S2. The molecule has 0 atom stereocenters. The lowest BCUT2D eigenvalue weighted by Crippen LogP contribution is -2.10. The minimum Gasteiger partial charge on any atom is -0.342 e. The number of fused-ring (bicyclic) bond motifs is 10. The van der Waals surface area contributed by atoms with Crippen LogP contribution < -0.4 is 8.37 Å². The van der Waals surface area contributed by atoms with Crippen molar-refractivity contribution in [2.45, 2.75) is 0 Å². The molecule has 4 aromatic heterocycles. The highest BCUT2D eigenvalue weighted by atomic mass is 32.3. The summed E-state index contributed by atoms with van der Waals surface area (Å²) in [6.45, 7) is 0. The summed E-state index contributed by atoms with van der Waals surface area (Å²) in [5.74, 6) is -0.187. The maximum absolute atomic E-state index is 12.3. The molecule has 2 N–H and O–H groups in total. The Labute approximate surface area is 279 Å². The second-order valence-corrected chi connectivity index (χ2v) is 14.3. The predicted molar refractivity (Wildman–Crippen MR) is 191 cm³/mol. The third kappa shape index (κ3) is 3.49. The Morgan fingerprint density at radius 3 is 1.14 bits per heavy atom. The summed E-state index contributed by atoms with van der Waals surface area (Å²) in [5, 5.41) is 8.80. The van der Waals surface area contributed by atoms with E-state index in [1.54, 1.807) is 33.1 Å². The molecule has 12 nitrogen and oxygen atoms in total. The van der Waals surface area contributed by atoms with E-state index in [1.165, 1.54) is 0 Å². The number of rotatable bonds is 4. The smallest absolute Gasteiger partial charge is 0.342 e. The van der Waals surface area contributed by atoms with Crippen molar-refractivity contribution in [3.05, 3.63) is 97.1 Å². The van der Waals surface area contributed by atoms with Crippen LogP contribution in [0.15, 0.2) is 97.1 Å². The van der Waals surface area contributed by atoms with Crippen LogP contribution in [0.25, 0.3) is 98.0 Å². The fourth-order valence-electron chi connectivity index (χ4n) is 8.05. The third-order valence-electron chi connectivity index (χ3n) is 9.74. The zero-order valence-corrected chi connectivity index (χ0v) is 26.8. The van der Waals surface area contributed by atoms with Gasteiger partial charge in [0, 0.05) is 32.3 Å². The molecule has 0 fully saturated rings. The number of benzene rings is 7. The first kappa shape index (κ1) is 27.8. The summed E-state index contributed by atoms with van der Waals surface area (Å²) in [4.78, 5) is 9.71. The number of imidazole rings is 2. The maximum Gasteiger partial charge on any atom is 0.447 e. The zero-order valence-electron chi connectivity index (χ0n) is 25.2. The summed E-state index contributed by atoms with van der Waals surface area (Å²) in [6.07, 6.45) is 0. The predicted octanol–water partition coefficient (Wildman–Crippen LogP) is 7.45. The Balaban J connectivity index is 1.37. The first-order chi connectivity index (χ1) is 24.1. The molecule has 11 aromatic rings. The Bertz CT molecular complexity index is 3300. The number of nitrogens with zero attached hydrogens (tertiary/aromatic N) is 4. The largest absolute Gasteiger partial charge is 0.447 e. The summed E-state index contributed by atoms with van der Waals surface area (Å²) in [5.41, 5.74) is 3.36. The van der Waals surface area contributed by atoms with Gasteiger partial charge in [0.25, 0.3) is 0 Å². The number of aromatic nitrogens is 4. The van der Waals surface area contributed by atoms with Gasteiger partial charge < -0.3 is 8.37 Å². The molecule has 0 saturated carbocycles. The molecule has 50 heavy (non-hydrogen) atoms. The fraction of sp³-hybridized carbons (Fsp3) is 0. The van der Waals surface area contributed by atoms with Gasteiger partial charge in [-0.05, 0) is 80.8 Å². The van der Waals surface area contributed by atoms with Crippen LogP contribution in [-0.4, -0.2) is 44.7 Å². The van der Waals surface area contributed by atoms with E-state index in [0.29, 0.717) is 54.9 Å². The van der Waals surface area contributed by atoms with E-state index >= 15 is 0 Å². The first-order valence-electron chi connectivity index (χ1n) is 15.3. The van der Waals surface area contributed by atoms with Crippen molar-refractivity contribution in [2.24, 2.45) is 0 Å². The molecule has 0 spiro atoms. The lowest BCUT2D eigenvalue weighted by Gasteiger charge is -2.20. The molecule has 0 aliphatic heterocycles. The van der Waals surface area contributed by atoms with Crippen LogP contribution in [0.5, 0.6) is 11.8 Å². The minimum atomic E-state index is -4.93. The maximum atomic E-state index is 12.3. The van der Waals surface area contributed by atoms with Gasteiger partial charge in [0.15, 0.2) is 0 Å². The summed E-state index contributed by atoms with van der Waals surface area (Å²) < 4.78 is 82.7. The number of hydrogen-bond acceptors (Lipinski definition) is 8. The third-order valence-corrected chi connectivity index (χ3v) is 10.5. The average molecular weight is 699 g/mol. The number of pyridine rings is 2. The van der Waals surface area contributed by atoms with Gasteiger partial charge in [-0.1, -0.05) is 48.5 Å². The van der Waals surface area contributed by atoms with E-state index < -0.39 is 20.8 Å². The van der Waals surface area contributed by atoms with Crippen LogP contribution in [0.2, 0.25) is 0 Å². The van der Waals surface area contributed by atoms with Crippen molar-refractivity contribution < 1.29 is 34.3 Å². The van der Waals surface area contributed by atoms with Gasteiger partial charge in [0.05, 0.1) is 22.1 Å². The molecule has 0 radical (unpaired) electrons. The Kier molecular flexibility index (Phi) is 4.98. The van der Waals surface area contributed by atoms with Crippen LogP contribution in [0.1, 0.15) is 0 Å². The van der Waals surface area contributed by atoms with E-state index in [0.717, 1.165) is 43.1 Å². The molecule has 7 aromatic carbocycles. The minimum absolute atomic E-state index is 0.0936. The summed E-state index contributed by atoms with van der Waals surface area (Å²) >= 11 is 0. The SMILES string of the molecule is O=S(=O)(O)Oc1c2ccc3c4ccc5c6c(ccc(c7ccc(c2c37)c2nc3ccccc3n12)c46)c(OS(=O)(=O)O)n1c2ccccc2nc51. The van der Waals surface area contributed by atoms with Crippen molar-refractivity contribution in [2.75, 3.05) is 0 Å². The Morgan fingerprint density at radius 2 is 0.760 bits per heavy atom. The average Bonchev–Trinajstić information content (AvgIpc) is 3.67. The molecule has 14 heteroatoms. The number of para-hydroxylation sites is 4. The molecule has 0 unspecified atom stereocenters. The molecular weight excluding hydrogens is 681 g/mol. The molecule has 0 aliphatic carbocycles. The van der Waals surface area contributed by atoms with Crippen LogP contribution in [-0.2, 0) is 20.8 Å². The van der Waals surface area contributed by atoms with Crippen LogP contribution in [0.3, 0.4) is 0 Å². The van der Waals surface area contributed by atoms with Gasteiger partial charge in [-0.3, -0.25) is 17.9 Å². The van der Waals surface area contributed by atoms with Crippen LogP contribution >= 0.6 is 0 Å². The molecule has 0 bridgehead atoms. The molecule has 0 amide bonds. The topological polar surface area (TPSA) is 162 Å². The Hall–Kier alpha value is -6.06. The lowest BCUT2D eigenvalue weighted by atomic mass is 9.86. The summed E-state index contributed by atoms with van der Waals surface area (Å²) in [7, 11) is -9.86. The lowest BCUT2D eigenvalue weighted by molar-refractivity contribution is 0.379. The first-order valence-corrected chi connectivity index (χ1v) is 18.0. The van der Waals surface area contributed by atoms with Gasteiger partial charge in [-0.15, -0.1) is 0 Å². The van der Waals surface area contributed by atoms with Crippen molar-refractivity contribution in [1.29, 1.82) is 0 Å². The van der Waals surface area contributed by atoms with E-state index in [-0.39, 0.29) is 11.8 Å². The van der Waals surface area contributed by atoms with Crippen molar-refractivity contribution >= 4 is 119 Å². The van der Waals surface area contributed by atoms with Gasteiger partial charge in [0.1, 0.15) is 11.3 Å². The fourth-order valence-corrected chi connectivity index (χ4v) is 8.77. The number of hydrogen-bond donors (Lipinski definition) is 2. The standard InChI is InChI=1S/C36H18N4O8S2/c41-49(42,43)47-35-23-15-11-19-18-10-14-22-32-24(36(48-50(44,45)46)40-28-8-4-2-6-26(28)38-34(22)40)16-12-20(30(18)32)17-9-13-21(31(23)29(17)19)33-37-25-5-1-3-7-27(25)39(33)35/h1-16H,(H,41,42,43)(H,44,45,46). The molecule has 0 aliphatic rings. The molecule has 242 valence electrons. The highest BCUT2D eigenvalue weighted by Gasteiger charge is 2.27. The van der Waals surface area contributed by atoms with Gasteiger partial charge >= 0.3 is 20.8 Å². The zero-order chi connectivity index (χ0) is 33.8. The Morgan fingerprint density at radius 1 is 0.440 bits per heavy atom. The van der Waals surface area contributed by atoms with Crippen LogP contribution in [0.4, 0.5) is 0 Å². The quantitative estimate of drug-likeness (QED) is 0.107. The molecule has 4 heterocycles. The molecule has 11 rings (SSSR count). The molecule has 0 saturated heterocycles. The van der Waals surface area contributed by atoms with E-state index in [2.05, 4.69) is 0 Å². The van der Waals surface area contributed by atoms with Gasteiger partial charge in [0.2, 0.25) is 11.8 Å². The second kappa shape index (κ2) is 8.94. The normalized spacial score (nSPS) is 13.3. The highest BCUT2D eigenvalue weighted by Crippen LogP contribution is 2.50. The van der Waals surface area contributed by atoms with E-state index in [9.17, 15) is 25.9 Å². The van der Waals surface area contributed by atoms with E-state index in [1.807, 2.05) is 72.8 Å². The van der Waals surface area contributed by atoms with Gasteiger partial charge in [-0.2, -0.15) is 16.8 Å².